The van der Waals surface area contributed by atoms with E-state index in [4.69, 9.17) is 0 Å². The predicted molar refractivity (Wildman–Crippen MR) is 102 cm³/mol. The zero-order chi connectivity index (χ0) is 21.6. The third kappa shape index (κ3) is 3.87. The normalized spacial score (nSPS) is 21.5. The summed E-state index contributed by atoms with van der Waals surface area (Å²) in [5.41, 5.74) is 0.641. The van der Waals surface area contributed by atoms with E-state index in [9.17, 15) is 18.0 Å². The summed E-state index contributed by atoms with van der Waals surface area (Å²) in [5.74, 6) is 1.08. The Hall–Kier alpha value is -3.02. The Morgan fingerprint density at radius 1 is 1.06 bits per heavy atom. The molecule has 0 aromatic carbocycles. The maximum Gasteiger partial charge on any atom is 0.406 e. The number of aromatic nitrogens is 6. The molecule has 1 atom stereocenters. The molecular formula is C19H21F3N8O. The van der Waals surface area contributed by atoms with Crippen LogP contribution in [0.25, 0.3) is 11.5 Å². The van der Waals surface area contributed by atoms with Crippen molar-refractivity contribution in [1.29, 1.82) is 0 Å². The number of carbonyl (C=O) groups is 1. The lowest BCUT2D eigenvalue weighted by Gasteiger charge is -2.34. The highest BCUT2D eigenvalue weighted by Crippen LogP contribution is 2.31. The Bertz CT molecular complexity index is 1070. The number of piperidine rings is 1. The number of rotatable bonds is 4. The van der Waals surface area contributed by atoms with Crippen molar-refractivity contribution in [3.8, 4) is 5.82 Å². The Morgan fingerprint density at radius 3 is 2.58 bits per heavy atom. The zero-order valence-electron chi connectivity index (χ0n) is 16.6. The lowest BCUT2D eigenvalue weighted by Crippen LogP contribution is -2.46. The van der Waals surface area contributed by atoms with Crippen LogP contribution in [0, 0.1) is 0 Å². The molecule has 1 unspecified atom stereocenters. The van der Waals surface area contributed by atoms with Crippen molar-refractivity contribution >= 4 is 11.6 Å². The van der Waals surface area contributed by atoms with Crippen molar-refractivity contribution in [3.63, 3.8) is 0 Å². The Labute approximate surface area is 175 Å². The van der Waals surface area contributed by atoms with E-state index in [2.05, 4.69) is 20.4 Å². The van der Waals surface area contributed by atoms with Crippen molar-refractivity contribution in [3.05, 3.63) is 36.4 Å². The van der Waals surface area contributed by atoms with Gasteiger partial charge in [0.2, 0.25) is 5.91 Å². The van der Waals surface area contributed by atoms with Crippen LogP contribution in [0.2, 0.25) is 0 Å². The molecule has 3 aromatic rings. The molecule has 0 spiro atoms. The summed E-state index contributed by atoms with van der Waals surface area (Å²) >= 11 is 0. The molecule has 164 valence electrons. The standard InChI is InChI=1S/C19H21F3N8O/c20-19(21,22)12-28-11-6-14(18(28)31)27-9-4-13(5-10-27)17-25-24-15-2-3-16(26-30(15)17)29-8-1-7-23-29/h1-3,7-8,13-14H,4-6,9-12H2. The molecule has 31 heavy (non-hydrogen) atoms. The fourth-order valence-electron chi connectivity index (χ4n) is 4.48. The highest BCUT2D eigenvalue weighted by molar-refractivity contribution is 5.84. The molecule has 1 amide bonds. The second kappa shape index (κ2) is 7.59. The molecule has 0 saturated carbocycles. The monoisotopic (exact) mass is 434 g/mol. The second-order valence-electron chi connectivity index (χ2n) is 7.96. The van der Waals surface area contributed by atoms with Crippen LogP contribution in [0.1, 0.15) is 31.0 Å². The Balaban J connectivity index is 1.27. The van der Waals surface area contributed by atoms with Gasteiger partial charge in [-0.2, -0.15) is 22.8 Å². The van der Waals surface area contributed by atoms with E-state index in [0.29, 0.717) is 31.0 Å². The number of carbonyl (C=O) groups excluding carboxylic acids is 1. The third-order valence-electron chi connectivity index (χ3n) is 5.99. The van der Waals surface area contributed by atoms with Crippen LogP contribution in [-0.4, -0.2) is 83.7 Å². The molecule has 5 heterocycles. The summed E-state index contributed by atoms with van der Waals surface area (Å²) in [6, 6.07) is 5.00. The van der Waals surface area contributed by atoms with Gasteiger partial charge in [-0.15, -0.1) is 15.3 Å². The van der Waals surface area contributed by atoms with Gasteiger partial charge in [0.1, 0.15) is 6.54 Å². The summed E-state index contributed by atoms with van der Waals surface area (Å²) in [4.78, 5) is 15.4. The molecule has 5 rings (SSSR count). The van der Waals surface area contributed by atoms with Crippen LogP contribution in [-0.2, 0) is 4.79 Å². The maximum atomic E-state index is 12.7. The van der Waals surface area contributed by atoms with E-state index in [1.54, 1.807) is 21.6 Å². The average Bonchev–Trinajstić information content (AvgIpc) is 3.48. The van der Waals surface area contributed by atoms with Gasteiger partial charge in [-0.05, 0) is 50.6 Å². The van der Waals surface area contributed by atoms with Crippen molar-refractivity contribution in [2.45, 2.75) is 37.4 Å². The van der Waals surface area contributed by atoms with E-state index in [1.165, 1.54) is 0 Å². The molecule has 0 aliphatic carbocycles. The minimum absolute atomic E-state index is 0.106. The number of halogens is 3. The Morgan fingerprint density at radius 2 is 1.87 bits per heavy atom. The molecule has 3 aromatic heterocycles. The first kappa shape index (κ1) is 19.9. The van der Waals surface area contributed by atoms with Crippen LogP contribution in [0.5, 0.6) is 0 Å². The molecule has 0 bridgehead atoms. The van der Waals surface area contributed by atoms with Crippen LogP contribution in [0.3, 0.4) is 0 Å². The number of likely N-dealkylation sites (tertiary alicyclic amines) is 2. The zero-order valence-corrected chi connectivity index (χ0v) is 16.6. The van der Waals surface area contributed by atoms with Crippen LogP contribution >= 0.6 is 0 Å². The van der Waals surface area contributed by atoms with E-state index in [0.717, 1.165) is 23.6 Å². The third-order valence-corrected chi connectivity index (χ3v) is 5.99. The molecule has 9 nitrogen and oxygen atoms in total. The number of alkyl halides is 3. The van der Waals surface area contributed by atoms with Gasteiger partial charge < -0.3 is 4.90 Å². The average molecular weight is 434 g/mol. The first-order valence-corrected chi connectivity index (χ1v) is 10.2. The van der Waals surface area contributed by atoms with Crippen LogP contribution in [0.15, 0.2) is 30.6 Å². The number of hydrogen-bond donors (Lipinski definition) is 0. The predicted octanol–water partition coefficient (Wildman–Crippen LogP) is 1.65. The van der Waals surface area contributed by atoms with Crippen molar-refractivity contribution < 1.29 is 18.0 Å². The van der Waals surface area contributed by atoms with Crippen LogP contribution in [0.4, 0.5) is 13.2 Å². The van der Waals surface area contributed by atoms with Gasteiger partial charge >= 0.3 is 6.18 Å². The summed E-state index contributed by atoms with van der Waals surface area (Å²) in [6.45, 7) is 0.218. The SMILES string of the molecule is O=C1C(N2CCC(c3nnc4ccc(-n5cccn5)nn34)CC2)CCN1CC(F)(F)F. The number of hydrogen-bond acceptors (Lipinski definition) is 6. The topological polar surface area (TPSA) is 84.5 Å². The smallest absolute Gasteiger partial charge is 0.332 e. The first-order valence-electron chi connectivity index (χ1n) is 10.2. The minimum Gasteiger partial charge on any atom is -0.332 e. The lowest BCUT2D eigenvalue weighted by atomic mass is 9.95. The first-order chi connectivity index (χ1) is 14.9. The summed E-state index contributed by atoms with van der Waals surface area (Å²) < 4.78 is 41.4. The molecule has 2 fully saturated rings. The largest absolute Gasteiger partial charge is 0.406 e. The minimum atomic E-state index is -4.37. The summed E-state index contributed by atoms with van der Waals surface area (Å²) in [7, 11) is 0. The fraction of sp³-hybridized carbons (Fsp3) is 0.526. The van der Waals surface area contributed by atoms with Crippen molar-refractivity contribution in [2.75, 3.05) is 26.2 Å². The molecule has 0 N–H and O–H groups in total. The molecule has 0 radical (unpaired) electrons. The van der Waals surface area contributed by atoms with Gasteiger partial charge in [-0.1, -0.05) is 0 Å². The lowest BCUT2D eigenvalue weighted by molar-refractivity contribution is -0.159. The highest BCUT2D eigenvalue weighted by atomic mass is 19.4. The molecule has 12 heteroatoms. The fourth-order valence-corrected chi connectivity index (χ4v) is 4.48. The summed E-state index contributed by atoms with van der Waals surface area (Å²) in [6.07, 6.45) is 1.01. The molecule has 2 aliphatic heterocycles. The number of fused-ring (bicyclic) bond motifs is 1. The van der Waals surface area contributed by atoms with Crippen LogP contribution < -0.4 is 0 Å². The van der Waals surface area contributed by atoms with Gasteiger partial charge in [0, 0.05) is 24.9 Å². The maximum absolute atomic E-state index is 12.7. The second-order valence-corrected chi connectivity index (χ2v) is 7.96. The van der Waals surface area contributed by atoms with Crippen molar-refractivity contribution in [1.82, 2.24) is 39.4 Å². The van der Waals surface area contributed by atoms with E-state index >= 15 is 0 Å². The summed E-state index contributed by atoms with van der Waals surface area (Å²) in [5, 5.41) is 17.4. The van der Waals surface area contributed by atoms with Gasteiger partial charge in [0.15, 0.2) is 17.3 Å². The number of amides is 1. The van der Waals surface area contributed by atoms with Gasteiger partial charge in [-0.3, -0.25) is 9.69 Å². The molecule has 2 aliphatic rings. The van der Waals surface area contributed by atoms with E-state index in [-0.39, 0.29) is 12.5 Å². The van der Waals surface area contributed by atoms with Gasteiger partial charge in [0.25, 0.3) is 0 Å². The van der Waals surface area contributed by atoms with E-state index in [1.807, 2.05) is 23.1 Å². The Kier molecular flexibility index (Phi) is 4.88. The molecule has 2 saturated heterocycles. The van der Waals surface area contributed by atoms with Crippen molar-refractivity contribution in [2.24, 2.45) is 0 Å². The molecular weight excluding hydrogens is 413 g/mol. The van der Waals surface area contributed by atoms with E-state index < -0.39 is 24.7 Å². The highest BCUT2D eigenvalue weighted by Gasteiger charge is 2.42. The number of nitrogens with zero attached hydrogens (tertiary/aromatic N) is 8. The quantitative estimate of drug-likeness (QED) is 0.621. The van der Waals surface area contributed by atoms with Gasteiger partial charge in [0.05, 0.1) is 6.04 Å². The van der Waals surface area contributed by atoms with Gasteiger partial charge in [-0.25, -0.2) is 4.68 Å².